The largest absolute Gasteiger partial charge is 0.378 e. The summed E-state index contributed by atoms with van der Waals surface area (Å²) < 4.78 is 5.37. The average Bonchev–Trinajstić information content (AvgIpc) is 2.88. The van der Waals surface area contributed by atoms with Gasteiger partial charge in [0.1, 0.15) is 18.2 Å². The van der Waals surface area contributed by atoms with Crippen LogP contribution in [0.2, 0.25) is 0 Å². The fraction of sp³-hybridized carbons (Fsp3) is 0.571. The molecule has 3 atom stereocenters. The molecule has 2 amide bonds. The standard InChI is InChI=1S/C21H31N3O4/c1-13(2)11-17(20(27)23-21(4)14(3)28-12-18(21)25)22-19(26)15-7-9-16(10-8-15)24(5)6/h7-10,13-14,17H,11-12H2,1-6H3,(H,22,26)(H,23,27). The highest BCUT2D eigenvalue weighted by Gasteiger charge is 2.47. The van der Waals surface area contributed by atoms with Gasteiger partial charge in [-0.1, -0.05) is 13.8 Å². The third-order valence-electron chi connectivity index (χ3n) is 5.21. The Hall–Kier alpha value is -2.41. The second kappa shape index (κ2) is 8.73. The number of ketones is 1. The second-order valence-electron chi connectivity index (χ2n) is 8.16. The Morgan fingerprint density at radius 2 is 1.86 bits per heavy atom. The highest BCUT2D eigenvalue weighted by Crippen LogP contribution is 2.22. The molecule has 0 radical (unpaired) electrons. The lowest BCUT2D eigenvalue weighted by Crippen LogP contribution is -2.60. The van der Waals surface area contributed by atoms with Crippen LogP contribution >= 0.6 is 0 Å². The maximum atomic E-state index is 12.9. The van der Waals surface area contributed by atoms with E-state index in [9.17, 15) is 14.4 Å². The summed E-state index contributed by atoms with van der Waals surface area (Å²) in [6.45, 7) is 7.36. The van der Waals surface area contributed by atoms with Crippen molar-refractivity contribution in [2.75, 3.05) is 25.6 Å². The molecular weight excluding hydrogens is 358 g/mol. The number of carbonyl (C=O) groups excluding carboxylic acids is 3. The number of hydrogen-bond donors (Lipinski definition) is 2. The summed E-state index contributed by atoms with van der Waals surface area (Å²) in [4.78, 5) is 39.7. The first kappa shape index (κ1) is 21.9. The minimum Gasteiger partial charge on any atom is -0.378 e. The van der Waals surface area contributed by atoms with E-state index in [1.807, 2.05) is 45.0 Å². The minimum atomic E-state index is -1.08. The highest BCUT2D eigenvalue weighted by molar-refractivity contribution is 6.00. The smallest absolute Gasteiger partial charge is 0.251 e. The molecule has 1 aliphatic rings. The number of hydrogen-bond acceptors (Lipinski definition) is 5. The maximum Gasteiger partial charge on any atom is 0.251 e. The summed E-state index contributed by atoms with van der Waals surface area (Å²) in [6.07, 6.45) is 0.0466. The minimum absolute atomic E-state index is 0.0165. The van der Waals surface area contributed by atoms with E-state index < -0.39 is 17.7 Å². The van der Waals surface area contributed by atoms with Crippen LogP contribution in [-0.2, 0) is 14.3 Å². The van der Waals surface area contributed by atoms with Crippen LogP contribution in [0, 0.1) is 5.92 Å². The van der Waals surface area contributed by atoms with Crippen molar-refractivity contribution in [3.05, 3.63) is 29.8 Å². The van der Waals surface area contributed by atoms with Crippen molar-refractivity contribution in [3.63, 3.8) is 0 Å². The zero-order valence-electron chi connectivity index (χ0n) is 17.5. The van der Waals surface area contributed by atoms with Gasteiger partial charge in [0.15, 0.2) is 5.78 Å². The Labute approximate surface area is 166 Å². The molecule has 0 aliphatic carbocycles. The lowest BCUT2D eigenvalue weighted by molar-refractivity contribution is -0.130. The number of Topliss-reactive ketones (excluding diaryl/α,β-unsaturated/α-hetero) is 1. The molecule has 1 heterocycles. The van der Waals surface area contributed by atoms with E-state index in [0.717, 1.165) is 5.69 Å². The third kappa shape index (κ3) is 4.90. The Morgan fingerprint density at radius 3 is 2.32 bits per heavy atom. The van der Waals surface area contributed by atoms with E-state index in [4.69, 9.17) is 4.74 Å². The SMILES string of the molecule is CC(C)CC(NC(=O)c1ccc(N(C)C)cc1)C(=O)NC1(C)C(=O)COC1C. The maximum absolute atomic E-state index is 12.9. The fourth-order valence-electron chi connectivity index (χ4n) is 3.11. The molecular formula is C21H31N3O4. The van der Waals surface area contributed by atoms with Gasteiger partial charge in [-0.15, -0.1) is 0 Å². The number of anilines is 1. The molecule has 1 saturated heterocycles. The van der Waals surface area contributed by atoms with Gasteiger partial charge in [0.2, 0.25) is 5.91 Å². The van der Waals surface area contributed by atoms with E-state index in [-0.39, 0.29) is 30.1 Å². The van der Waals surface area contributed by atoms with Crippen LogP contribution in [0.25, 0.3) is 0 Å². The zero-order valence-corrected chi connectivity index (χ0v) is 17.5. The van der Waals surface area contributed by atoms with Gasteiger partial charge in [-0.2, -0.15) is 0 Å². The quantitative estimate of drug-likeness (QED) is 0.742. The number of carbonyl (C=O) groups is 3. The second-order valence-corrected chi connectivity index (χ2v) is 8.16. The van der Waals surface area contributed by atoms with E-state index in [1.54, 1.807) is 26.0 Å². The molecule has 28 heavy (non-hydrogen) atoms. The predicted octanol–water partition coefficient (Wildman–Crippen LogP) is 1.76. The molecule has 1 aliphatic heterocycles. The number of rotatable bonds is 7. The highest BCUT2D eigenvalue weighted by atomic mass is 16.5. The summed E-state index contributed by atoms with van der Waals surface area (Å²) in [5.74, 6) is -0.673. The molecule has 1 aromatic carbocycles. The van der Waals surface area contributed by atoms with Crippen LogP contribution < -0.4 is 15.5 Å². The van der Waals surface area contributed by atoms with Crippen molar-refractivity contribution in [1.82, 2.24) is 10.6 Å². The molecule has 0 saturated carbocycles. The van der Waals surface area contributed by atoms with Crippen molar-refractivity contribution in [2.45, 2.75) is 51.8 Å². The Morgan fingerprint density at radius 1 is 1.25 bits per heavy atom. The van der Waals surface area contributed by atoms with Crippen molar-refractivity contribution >= 4 is 23.3 Å². The molecule has 1 aromatic rings. The van der Waals surface area contributed by atoms with Gasteiger partial charge in [0.25, 0.3) is 5.91 Å². The monoisotopic (exact) mass is 389 g/mol. The molecule has 2 N–H and O–H groups in total. The molecule has 0 aromatic heterocycles. The van der Waals surface area contributed by atoms with Gasteiger partial charge in [-0.25, -0.2) is 0 Å². The fourth-order valence-corrected chi connectivity index (χ4v) is 3.11. The van der Waals surface area contributed by atoms with Crippen molar-refractivity contribution in [2.24, 2.45) is 5.92 Å². The van der Waals surface area contributed by atoms with E-state index in [2.05, 4.69) is 10.6 Å². The van der Waals surface area contributed by atoms with Crippen molar-refractivity contribution < 1.29 is 19.1 Å². The number of nitrogens with zero attached hydrogens (tertiary/aromatic N) is 1. The van der Waals surface area contributed by atoms with Gasteiger partial charge >= 0.3 is 0 Å². The van der Waals surface area contributed by atoms with Crippen LogP contribution in [0.3, 0.4) is 0 Å². The van der Waals surface area contributed by atoms with Gasteiger partial charge in [0, 0.05) is 25.3 Å². The Bertz CT molecular complexity index is 730. The van der Waals surface area contributed by atoms with Crippen LogP contribution in [0.1, 0.15) is 44.5 Å². The number of amides is 2. The number of benzene rings is 1. The summed E-state index contributed by atoms with van der Waals surface area (Å²) in [7, 11) is 3.85. The van der Waals surface area contributed by atoms with Gasteiger partial charge in [0.05, 0.1) is 6.10 Å². The van der Waals surface area contributed by atoms with Crippen molar-refractivity contribution in [3.8, 4) is 0 Å². The number of ether oxygens (including phenoxy) is 1. The molecule has 7 nitrogen and oxygen atoms in total. The summed E-state index contributed by atoms with van der Waals surface area (Å²) in [5.41, 5.74) is 0.381. The third-order valence-corrected chi connectivity index (χ3v) is 5.21. The first-order chi connectivity index (χ1) is 13.0. The van der Waals surface area contributed by atoms with E-state index in [1.165, 1.54) is 0 Å². The Kier molecular flexibility index (Phi) is 6.82. The van der Waals surface area contributed by atoms with Crippen LogP contribution in [-0.4, -0.2) is 56.0 Å². The van der Waals surface area contributed by atoms with Crippen molar-refractivity contribution in [1.29, 1.82) is 0 Å². The first-order valence-corrected chi connectivity index (χ1v) is 9.59. The molecule has 2 rings (SSSR count). The molecule has 1 fully saturated rings. The molecule has 154 valence electrons. The molecule has 0 spiro atoms. The van der Waals surface area contributed by atoms with Crippen LogP contribution in [0.5, 0.6) is 0 Å². The average molecular weight is 389 g/mol. The molecule has 3 unspecified atom stereocenters. The topological polar surface area (TPSA) is 87.7 Å². The van der Waals surface area contributed by atoms with Crippen LogP contribution in [0.4, 0.5) is 5.69 Å². The Balaban J connectivity index is 2.13. The lowest BCUT2D eigenvalue weighted by Gasteiger charge is -2.30. The van der Waals surface area contributed by atoms with E-state index >= 15 is 0 Å². The van der Waals surface area contributed by atoms with Gasteiger partial charge < -0.3 is 20.3 Å². The lowest BCUT2D eigenvalue weighted by atomic mass is 9.92. The van der Waals surface area contributed by atoms with Gasteiger partial charge in [-0.05, 0) is 50.5 Å². The van der Waals surface area contributed by atoms with Gasteiger partial charge in [-0.3, -0.25) is 14.4 Å². The predicted molar refractivity (Wildman–Crippen MR) is 108 cm³/mol. The first-order valence-electron chi connectivity index (χ1n) is 9.59. The van der Waals surface area contributed by atoms with E-state index in [0.29, 0.717) is 12.0 Å². The van der Waals surface area contributed by atoms with Crippen LogP contribution in [0.15, 0.2) is 24.3 Å². The molecule has 7 heteroatoms. The molecule has 0 bridgehead atoms. The number of nitrogens with one attached hydrogen (secondary N) is 2. The summed E-state index contributed by atoms with van der Waals surface area (Å²) >= 11 is 0. The summed E-state index contributed by atoms with van der Waals surface area (Å²) in [6, 6.07) is 6.42. The zero-order chi connectivity index (χ0) is 21.1. The normalized spacial score (nSPS) is 22.8. The summed E-state index contributed by atoms with van der Waals surface area (Å²) in [5, 5.41) is 5.62.